The molecule has 144 valence electrons. The average Bonchev–Trinajstić information content (AvgIpc) is 3.24. The SMILES string of the molecule is O=C(OCc1ccccc1)N1CCC(c2nnc(-c3ccc(Cl)cc3)o2)CC1. The number of hydrogen-bond donors (Lipinski definition) is 0. The third kappa shape index (κ3) is 4.34. The second kappa shape index (κ2) is 8.44. The van der Waals surface area contributed by atoms with Crippen molar-refractivity contribution in [3.8, 4) is 11.5 Å². The van der Waals surface area contributed by atoms with E-state index < -0.39 is 0 Å². The maximum Gasteiger partial charge on any atom is 0.410 e. The van der Waals surface area contributed by atoms with Gasteiger partial charge in [-0.25, -0.2) is 4.79 Å². The first-order chi connectivity index (χ1) is 13.7. The van der Waals surface area contributed by atoms with E-state index in [0.717, 1.165) is 24.0 Å². The number of nitrogens with zero attached hydrogens (tertiary/aromatic N) is 3. The predicted octanol–water partition coefficient (Wildman–Crippen LogP) is 4.91. The molecule has 1 aromatic heterocycles. The van der Waals surface area contributed by atoms with Crippen LogP contribution in [0.3, 0.4) is 0 Å². The molecular formula is C21H20ClN3O3. The summed E-state index contributed by atoms with van der Waals surface area (Å²) in [5, 5.41) is 9.01. The van der Waals surface area contributed by atoms with Gasteiger partial charge >= 0.3 is 6.09 Å². The van der Waals surface area contributed by atoms with Crippen molar-refractivity contribution < 1.29 is 13.9 Å². The first-order valence-electron chi connectivity index (χ1n) is 9.24. The first-order valence-corrected chi connectivity index (χ1v) is 9.62. The molecule has 0 spiro atoms. The number of carbonyl (C=O) groups is 1. The van der Waals surface area contributed by atoms with E-state index in [1.54, 1.807) is 17.0 Å². The van der Waals surface area contributed by atoms with Gasteiger partial charge in [0, 0.05) is 29.6 Å². The summed E-state index contributed by atoms with van der Waals surface area (Å²) in [5.41, 5.74) is 1.82. The van der Waals surface area contributed by atoms with Crippen molar-refractivity contribution in [2.24, 2.45) is 0 Å². The smallest absolute Gasteiger partial charge is 0.410 e. The van der Waals surface area contributed by atoms with Crippen molar-refractivity contribution >= 4 is 17.7 Å². The molecule has 28 heavy (non-hydrogen) atoms. The summed E-state index contributed by atoms with van der Waals surface area (Å²) in [6, 6.07) is 17.0. The summed E-state index contributed by atoms with van der Waals surface area (Å²) in [4.78, 5) is 14.0. The standard InChI is InChI=1S/C21H20ClN3O3/c22-18-8-6-16(7-9-18)19-23-24-20(28-19)17-10-12-25(13-11-17)21(26)27-14-15-4-2-1-3-5-15/h1-9,17H,10-14H2. The van der Waals surface area contributed by atoms with Crippen LogP contribution < -0.4 is 0 Å². The van der Waals surface area contributed by atoms with E-state index in [9.17, 15) is 4.79 Å². The molecule has 1 fully saturated rings. The highest BCUT2D eigenvalue weighted by atomic mass is 35.5. The summed E-state index contributed by atoms with van der Waals surface area (Å²) in [7, 11) is 0. The number of benzene rings is 2. The average molecular weight is 398 g/mol. The third-order valence-electron chi connectivity index (χ3n) is 4.84. The molecule has 1 saturated heterocycles. The van der Waals surface area contributed by atoms with Gasteiger partial charge in [-0.2, -0.15) is 0 Å². The van der Waals surface area contributed by atoms with Crippen LogP contribution in [0, 0.1) is 0 Å². The molecule has 0 saturated carbocycles. The van der Waals surface area contributed by atoms with Crippen LogP contribution in [0.25, 0.3) is 11.5 Å². The number of rotatable bonds is 4. The summed E-state index contributed by atoms with van der Waals surface area (Å²) < 4.78 is 11.3. The fourth-order valence-electron chi connectivity index (χ4n) is 3.23. The maximum absolute atomic E-state index is 12.3. The lowest BCUT2D eigenvalue weighted by molar-refractivity contribution is 0.0856. The Morgan fingerprint density at radius 3 is 2.50 bits per heavy atom. The molecule has 7 heteroatoms. The number of likely N-dealkylation sites (tertiary alicyclic amines) is 1. The quantitative estimate of drug-likeness (QED) is 0.625. The second-order valence-corrected chi connectivity index (χ2v) is 7.19. The number of amides is 1. The molecule has 1 aliphatic heterocycles. The van der Waals surface area contributed by atoms with Crippen LogP contribution in [0.5, 0.6) is 0 Å². The summed E-state index contributed by atoms with van der Waals surface area (Å²) in [6.45, 7) is 1.50. The van der Waals surface area contributed by atoms with Crippen LogP contribution in [-0.2, 0) is 11.3 Å². The highest BCUT2D eigenvalue weighted by molar-refractivity contribution is 6.30. The Morgan fingerprint density at radius 2 is 1.79 bits per heavy atom. The van der Waals surface area contributed by atoms with Crippen LogP contribution in [0.4, 0.5) is 4.79 Å². The molecule has 3 aromatic rings. The fraction of sp³-hybridized carbons (Fsp3) is 0.286. The Hall–Kier alpha value is -2.86. The topological polar surface area (TPSA) is 68.5 Å². The molecule has 0 atom stereocenters. The van der Waals surface area contributed by atoms with Gasteiger partial charge < -0.3 is 14.1 Å². The lowest BCUT2D eigenvalue weighted by atomic mass is 9.97. The van der Waals surface area contributed by atoms with Crippen LogP contribution in [0.1, 0.15) is 30.2 Å². The molecule has 4 rings (SSSR count). The van der Waals surface area contributed by atoms with Crippen molar-refractivity contribution in [2.45, 2.75) is 25.4 Å². The number of carbonyl (C=O) groups excluding carboxylic acids is 1. The monoisotopic (exact) mass is 397 g/mol. The summed E-state index contributed by atoms with van der Waals surface area (Å²) in [5.74, 6) is 1.24. The molecule has 6 nitrogen and oxygen atoms in total. The maximum atomic E-state index is 12.3. The largest absolute Gasteiger partial charge is 0.445 e. The van der Waals surface area contributed by atoms with Crippen molar-refractivity contribution in [3.05, 3.63) is 71.1 Å². The van der Waals surface area contributed by atoms with Crippen molar-refractivity contribution in [1.82, 2.24) is 15.1 Å². The zero-order chi connectivity index (χ0) is 19.3. The van der Waals surface area contributed by atoms with Gasteiger partial charge in [-0.1, -0.05) is 41.9 Å². The van der Waals surface area contributed by atoms with Crippen LogP contribution >= 0.6 is 11.6 Å². The highest BCUT2D eigenvalue weighted by Crippen LogP contribution is 2.30. The first kappa shape index (κ1) is 18.5. The molecule has 1 amide bonds. The van der Waals surface area contributed by atoms with E-state index in [1.165, 1.54) is 0 Å². The molecule has 1 aliphatic rings. The fourth-order valence-corrected chi connectivity index (χ4v) is 3.35. The Kier molecular flexibility index (Phi) is 5.58. The van der Waals surface area contributed by atoms with Crippen LogP contribution in [0.2, 0.25) is 5.02 Å². The minimum Gasteiger partial charge on any atom is -0.445 e. The van der Waals surface area contributed by atoms with Crippen molar-refractivity contribution in [2.75, 3.05) is 13.1 Å². The van der Waals surface area contributed by atoms with E-state index in [2.05, 4.69) is 10.2 Å². The van der Waals surface area contributed by atoms with Gasteiger partial charge in [-0.05, 0) is 42.7 Å². The van der Waals surface area contributed by atoms with Gasteiger partial charge in [-0.15, -0.1) is 10.2 Å². The van der Waals surface area contributed by atoms with Gasteiger partial charge in [0.2, 0.25) is 11.8 Å². The van der Waals surface area contributed by atoms with E-state index in [-0.39, 0.29) is 18.6 Å². The van der Waals surface area contributed by atoms with Gasteiger partial charge in [-0.3, -0.25) is 0 Å². The van der Waals surface area contributed by atoms with Gasteiger partial charge in [0.25, 0.3) is 0 Å². The number of ether oxygens (including phenoxy) is 1. The summed E-state index contributed by atoms with van der Waals surface area (Å²) >= 11 is 5.91. The summed E-state index contributed by atoms with van der Waals surface area (Å²) in [6.07, 6.45) is 1.25. The molecular weight excluding hydrogens is 378 g/mol. The van der Waals surface area contributed by atoms with E-state index in [4.69, 9.17) is 20.8 Å². The molecule has 2 heterocycles. The van der Waals surface area contributed by atoms with E-state index >= 15 is 0 Å². The number of halogens is 1. The van der Waals surface area contributed by atoms with E-state index in [1.807, 2.05) is 42.5 Å². The minimum absolute atomic E-state index is 0.145. The van der Waals surface area contributed by atoms with Crippen molar-refractivity contribution in [3.63, 3.8) is 0 Å². The predicted molar refractivity (Wildman–Crippen MR) is 105 cm³/mol. The minimum atomic E-state index is -0.283. The molecule has 0 bridgehead atoms. The molecule has 0 unspecified atom stereocenters. The van der Waals surface area contributed by atoms with Crippen LogP contribution in [-0.4, -0.2) is 34.3 Å². The van der Waals surface area contributed by atoms with Crippen molar-refractivity contribution in [1.29, 1.82) is 0 Å². The third-order valence-corrected chi connectivity index (χ3v) is 5.09. The lowest BCUT2D eigenvalue weighted by Crippen LogP contribution is -2.38. The lowest BCUT2D eigenvalue weighted by Gasteiger charge is -2.29. The Balaban J connectivity index is 1.30. The van der Waals surface area contributed by atoms with Crippen LogP contribution in [0.15, 0.2) is 59.0 Å². The zero-order valence-electron chi connectivity index (χ0n) is 15.3. The highest BCUT2D eigenvalue weighted by Gasteiger charge is 2.28. The number of aromatic nitrogens is 2. The number of hydrogen-bond acceptors (Lipinski definition) is 5. The Bertz CT molecular complexity index is 920. The van der Waals surface area contributed by atoms with Gasteiger partial charge in [0.1, 0.15) is 6.61 Å². The molecule has 2 aromatic carbocycles. The zero-order valence-corrected chi connectivity index (χ0v) is 16.0. The normalized spacial score (nSPS) is 14.8. The Morgan fingerprint density at radius 1 is 1.07 bits per heavy atom. The Labute approximate surface area is 168 Å². The number of piperidine rings is 1. The molecule has 0 aliphatic carbocycles. The molecule has 0 N–H and O–H groups in total. The van der Waals surface area contributed by atoms with Gasteiger partial charge in [0.15, 0.2) is 0 Å². The van der Waals surface area contributed by atoms with Gasteiger partial charge in [0.05, 0.1) is 0 Å². The second-order valence-electron chi connectivity index (χ2n) is 6.75. The molecule has 0 radical (unpaired) electrons. The van der Waals surface area contributed by atoms with E-state index in [0.29, 0.717) is 29.9 Å².